The normalized spacial score (nSPS) is 17.7. The van der Waals surface area contributed by atoms with E-state index in [1.54, 1.807) is 14.5 Å². The molecule has 3 heterocycles. The number of carbonyl (C=O) groups excluding carboxylic acids is 3. The van der Waals surface area contributed by atoms with E-state index in [-0.39, 0.29) is 35.6 Å². The summed E-state index contributed by atoms with van der Waals surface area (Å²) in [7, 11) is 0. The predicted octanol–water partition coefficient (Wildman–Crippen LogP) is 4.62. The summed E-state index contributed by atoms with van der Waals surface area (Å²) in [5.41, 5.74) is 2.65. The summed E-state index contributed by atoms with van der Waals surface area (Å²) in [4.78, 5) is 44.2. The molecule has 3 amide bonds. The summed E-state index contributed by atoms with van der Waals surface area (Å²) in [6, 6.07) is 11.1. The van der Waals surface area contributed by atoms with Crippen molar-refractivity contribution in [1.29, 1.82) is 0 Å². The first kappa shape index (κ1) is 29.8. The SMILES string of the molecule is CC(=O)N1CCN(C(=O)CN2C(=O)CS[C@H](c3ccc(F)cc3F)c3c(C(C)(C)C)nn(-c4ccccc4C)c32)CC1. The molecule has 8 nitrogen and oxygen atoms in total. The van der Waals surface area contributed by atoms with Crippen LogP contribution in [-0.4, -0.2) is 75.8 Å². The number of benzene rings is 2. The number of nitrogens with zero attached hydrogens (tertiary/aromatic N) is 5. The van der Waals surface area contributed by atoms with E-state index >= 15 is 4.39 Å². The second-order valence-electron chi connectivity index (χ2n) is 11.8. The van der Waals surface area contributed by atoms with Crippen LogP contribution in [0.2, 0.25) is 0 Å². The van der Waals surface area contributed by atoms with E-state index in [2.05, 4.69) is 0 Å². The molecule has 2 aromatic carbocycles. The molecule has 0 radical (unpaired) electrons. The first-order valence-electron chi connectivity index (χ1n) is 14.0. The number of thioether (sulfide) groups is 1. The molecule has 42 heavy (non-hydrogen) atoms. The quantitative estimate of drug-likeness (QED) is 0.440. The van der Waals surface area contributed by atoms with E-state index in [1.807, 2.05) is 52.0 Å². The first-order valence-corrected chi connectivity index (χ1v) is 15.0. The van der Waals surface area contributed by atoms with Gasteiger partial charge in [0.25, 0.3) is 0 Å². The lowest BCUT2D eigenvalue weighted by molar-refractivity contribution is -0.137. The lowest BCUT2D eigenvalue weighted by atomic mass is 9.87. The zero-order chi connectivity index (χ0) is 30.3. The Morgan fingerprint density at radius 2 is 1.69 bits per heavy atom. The lowest BCUT2D eigenvalue weighted by Gasteiger charge is -2.35. The molecular formula is C31H35F2N5O3S. The van der Waals surface area contributed by atoms with Crippen molar-refractivity contribution in [2.45, 2.75) is 45.3 Å². The third kappa shape index (κ3) is 5.66. The highest BCUT2D eigenvalue weighted by molar-refractivity contribution is 8.00. The highest BCUT2D eigenvalue weighted by atomic mass is 32.2. The summed E-state index contributed by atoms with van der Waals surface area (Å²) >= 11 is 1.24. The third-order valence-electron chi connectivity index (χ3n) is 7.76. The van der Waals surface area contributed by atoms with Crippen molar-refractivity contribution in [3.05, 3.63) is 76.5 Å². The molecule has 1 fully saturated rings. The van der Waals surface area contributed by atoms with E-state index in [0.29, 0.717) is 43.3 Å². The van der Waals surface area contributed by atoms with E-state index in [9.17, 15) is 18.8 Å². The van der Waals surface area contributed by atoms with Gasteiger partial charge in [0.2, 0.25) is 17.7 Å². The smallest absolute Gasteiger partial charge is 0.242 e. The van der Waals surface area contributed by atoms with E-state index in [4.69, 9.17) is 5.10 Å². The highest BCUT2D eigenvalue weighted by Crippen LogP contribution is 2.49. The number of aromatic nitrogens is 2. The molecule has 0 bridgehead atoms. The maximum Gasteiger partial charge on any atom is 0.242 e. The molecule has 1 atom stereocenters. The Kier molecular flexibility index (Phi) is 8.15. The van der Waals surface area contributed by atoms with Gasteiger partial charge in [0.05, 0.1) is 22.4 Å². The fraction of sp³-hybridized carbons (Fsp3) is 0.419. The van der Waals surface area contributed by atoms with E-state index in [0.717, 1.165) is 17.3 Å². The van der Waals surface area contributed by atoms with Crippen LogP contribution < -0.4 is 4.90 Å². The molecule has 0 spiro atoms. The van der Waals surface area contributed by atoms with Crippen molar-refractivity contribution in [2.24, 2.45) is 0 Å². The van der Waals surface area contributed by atoms with Gasteiger partial charge in [0.1, 0.15) is 24.0 Å². The van der Waals surface area contributed by atoms with Gasteiger partial charge in [0.15, 0.2) is 0 Å². The summed E-state index contributed by atoms with van der Waals surface area (Å²) < 4.78 is 31.0. The molecule has 0 saturated carbocycles. The van der Waals surface area contributed by atoms with E-state index < -0.39 is 22.3 Å². The topological polar surface area (TPSA) is 78.8 Å². The zero-order valence-electron chi connectivity index (χ0n) is 24.5. The van der Waals surface area contributed by atoms with Crippen molar-refractivity contribution in [2.75, 3.05) is 43.4 Å². The van der Waals surface area contributed by atoms with Crippen molar-refractivity contribution in [3.8, 4) is 5.69 Å². The summed E-state index contributed by atoms with van der Waals surface area (Å²) in [6.07, 6.45) is 0. The minimum atomic E-state index is -0.706. The summed E-state index contributed by atoms with van der Waals surface area (Å²) in [5, 5.41) is 4.37. The number of anilines is 1. The van der Waals surface area contributed by atoms with Gasteiger partial charge in [-0.05, 0) is 24.6 Å². The van der Waals surface area contributed by atoms with Crippen LogP contribution in [0.15, 0.2) is 42.5 Å². The molecule has 222 valence electrons. The van der Waals surface area contributed by atoms with Crippen LogP contribution in [0, 0.1) is 18.6 Å². The Hall–Kier alpha value is -3.73. The largest absolute Gasteiger partial charge is 0.339 e. The van der Waals surface area contributed by atoms with E-state index in [1.165, 1.54) is 35.7 Å². The van der Waals surface area contributed by atoms with Crippen molar-refractivity contribution in [1.82, 2.24) is 19.6 Å². The Labute approximate surface area is 248 Å². The molecule has 1 saturated heterocycles. The Morgan fingerprint density at radius 3 is 2.31 bits per heavy atom. The molecular weight excluding hydrogens is 560 g/mol. The third-order valence-corrected chi connectivity index (χ3v) is 9.00. The average molecular weight is 596 g/mol. The Balaban J connectivity index is 1.68. The predicted molar refractivity (Wildman–Crippen MR) is 159 cm³/mol. The molecule has 2 aliphatic heterocycles. The number of carbonyl (C=O) groups is 3. The number of hydrogen-bond acceptors (Lipinski definition) is 5. The number of hydrogen-bond donors (Lipinski definition) is 0. The highest BCUT2D eigenvalue weighted by Gasteiger charge is 2.41. The van der Waals surface area contributed by atoms with Crippen LogP contribution in [0.4, 0.5) is 14.6 Å². The van der Waals surface area contributed by atoms with Crippen LogP contribution in [0.1, 0.15) is 55.3 Å². The Morgan fingerprint density at radius 1 is 1.02 bits per heavy atom. The molecule has 11 heteroatoms. The van der Waals surface area contributed by atoms with Crippen molar-refractivity contribution >= 4 is 35.3 Å². The number of piperazine rings is 1. The number of amides is 3. The maximum absolute atomic E-state index is 15.4. The second kappa shape index (κ2) is 11.5. The van der Waals surface area contributed by atoms with Gasteiger partial charge < -0.3 is 9.80 Å². The van der Waals surface area contributed by atoms with Crippen LogP contribution in [0.25, 0.3) is 5.69 Å². The van der Waals surface area contributed by atoms with Gasteiger partial charge >= 0.3 is 0 Å². The maximum atomic E-state index is 15.4. The number of halogens is 2. The van der Waals surface area contributed by atoms with Crippen LogP contribution in [0.5, 0.6) is 0 Å². The Bertz CT molecular complexity index is 1540. The number of aryl methyl sites for hydroxylation is 1. The molecule has 2 aliphatic rings. The van der Waals surface area contributed by atoms with Gasteiger partial charge in [-0.15, -0.1) is 11.8 Å². The monoisotopic (exact) mass is 595 g/mol. The number of fused-ring (bicyclic) bond motifs is 1. The number of para-hydroxylation sites is 1. The fourth-order valence-corrected chi connectivity index (χ4v) is 6.73. The minimum absolute atomic E-state index is 0.0150. The van der Waals surface area contributed by atoms with Crippen molar-refractivity contribution < 1.29 is 23.2 Å². The summed E-state index contributed by atoms with van der Waals surface area (Å²) in [6.45, 7) is 10.8. The molecule has 0 aliphatic carbocycles. The zero-order valence-corrected chi connectivity index (χ0v) is 25.3. The summed E-state index contributed by atoms with van der Waals surface area (Å²) in [5.74, 6) is -1.59. The molecule has 5 rings (SSSR count). The standard InChI is InChI=1S/C31H35F2N5O3S/c1-19-8-6-7-9-24(19)38-30-27(29(34-38)31(3,4)5)28(22-11-10-21(32)16-23(22)33)42-18-26(41)37(30)17-25(40)36-14-12-35(13-15-36)20(2)39/h6-11,16,28H,12-15,17-18H2,1-5H3/t28-/m1/s1. The number of rotatable bonds is 4. The van der Waals surface area contributed by atoms with Gasteiger partial charge in [-0.2, -0.15) is 5.10 Å². The lowest BCUT2D eigenvalue weighted by Crippen LogP contribution is -2.53. The van der Waals surface area contributed by atoms with Crippen LogP contribution in [-0.2, 0) is 19.8 Å². The van der Waals surface area contributed by atoms with Gasteiger partial charge in [-0.25, -0.2) is 13.5 Å². The van der Waals surface area contributed by atoms with Gasteiger partial charge in [0, 0.05) is 55.7 Å². The average Bonchev–Trinajstić information content (AvgIpc) is 3.27. The van der Waals surface area contributed by atoms with Gasteiger partial charge in [-0.1, -0.05) is 45.0 Å². The minimum Gasteiger partial charge on any atom is -0.339 e. The molecule has 0 N–H and O–H groups in total. The first-order chi connectivity index (χ1) is 19.9. The fourth-order valence-electron chi connectivity index (χ4n) is 5.51. The molecule has 0 unspecified atom stereocenters. The van der Waals surface area contributed by atoms with Crippen LogP contribution >= 0.6 is 11.8 Å². The molecule has 3 aromatic rings. The second-order valence-corrected chi connectivity index (χ2v) is 12.9. The molecule has 1 aromatic heterocycles. The van der Waals surface area contributed by atoms with Gasteiger partial charge in [-0.3, -0.25) is 19.3 Å². The van der Waals surface area contributed by atoms with Crippen molar-refractivity contribution in [3.63, 3.8) is 0 Å². The van der Waals surface area contributed by atoms with Crippen LogP contribution in [0.3, 0.4) is 0 Å².